The summed E-state index contributed by atoms with van der Waals surface area (Å²) < 4.78 is 11.0. The summed E-state index contributed by atoms with van der Waals surface area (Å²) in [5.41, 5.74) is -1.11. The number of fused-ring (bicyclic) bond motifs is 1. The van der Waals surface area contributed by atoms with Gasteiger partial charge < -0.3 is 9.47 Å². The zero-order valence-electron chi connectivity index (χ0n) is 14.6. The van der Waals surface area contributed by atoms with Crippen LogP contribution in [0.1, 0.15) is 60.8 Å². The molecule has 5 heteroatoms. The molecule has 126 valence electrons. The highest BCUT2D eigenvalue weighted by Crippen LogP contribution is 2.43. The van der Waals surface area contributed by atoms with Gasteiger partial charge in [-0.05, 0) is 66.2 Å². The second-order valence-corrected chi connectivity index (χ2v) is 8.47. The molecular weight excluding hydrogens is 282 g/mol. The van der Waals surface area contributed by atoms with E-state index in [4.69, 9.17) is 9.47 Å². The first-order valence-corrected chi connectivity index (χ1v) is 8.20. The molecule has 1 aliphatic carbocycles. The molecule has 2 fully saturated rings. The van der Waals surface area contributed by atoms with Crippen molar-refractivity contribution in [2.24, 2.45) is 11.8 Å². The quantitative estimate of drug-likeness (QED) is 0.697. The van der Waals surface area contributed by atoms with Crippen molar-refractivity contribution in [2.75, 3.05) is 6.54 Å². The molecule has 0 aromatic carbocycles. The fourth-order valence-corrected chi connectivity index (χ4v) is 3.48. The Morgan fingerprint density at radius 2 is 1.55 bits per heavy atom. The summed E-state index contributed by atoms with van der Waals surface area (Å²) in [7, 11) is 0. The monoisotopic (exact) mass is 311 g/mol. The normalized spacial score (nSPS) is 28.5. The molecule has 1 amide bonds. The third-order valence-electron chi connectivity index (χ3n) is 4.17. The van der Waals surface area contributed by atoms with E-state index >= 15 is 0 Å². The Bertz CT molecular complexity index is 447. The van der Waals surface area contributed by atoms with Crippen molar-refractivity contribution in [1.82, 2.24) is 4.90 Å². The lowest BCUT2D eigenvalue weighted by molar-refractivity contribution is -0.161. The van der Waals surface area contributed by atoms with Gasteiger partial charge in [-0.15, -0.1) is 0 Å². The lowest BCUT2D eigenvalue weighted by atomic mass is 9.94. The standard InChI is InChI=1S/C17H29NO4/c1-16(2,3)21-14(19)13-12-9-7-8-11(12)10-18(13)15(20)22-17(4,5)6/h11-13H,7-10H2,1-6H3/t11-,12+,13-/m0/s1. The van der Waals surface area contributed by atoms with Gasteiger partial charge in [0.15, 0.2) is 0 Å². The van der Waals surface area contributed by atoms with Gasteiger partial charge in [0.2, 0.25) is 0 Å². The number of hydrogen-bond acceptors (Lipinski definition) is 4. The molecule has 3 atom stereocenters. The van der Waals surface area contributed by atoms with E-state index in [2.05, 4.69) is 0 Å². The Labute approximate surface area is 133 Å². The van der Waals surface area contributed by atoms with Gasteiger partial charge in [0.05, 0.1) is 0 Å². The van der Waals surface area contributed by atoms with E-state index in [1.807, 2.05) is 41.5 Å². The lowest BCUT2D eigenvalue weighted by Gasteiger charge is -2.31. The minimum absolute atomic E-state index is 0.211. The smallest absolute Gasteiger partial charge is 0.411 e. The minimum Gasteiger partial charge on any atom is -0.458 e. The third kappa shape index (κ3) is 3.93. The molecule has 2 aliphatic rings. The van der Waals surface area contributed by atoms with E-state index < -0.39 is 23.3 Å². The van der Waals surface area contributed by atoms with Crippen LogP contribution < -0.4 is 0 Å². The third-order valence-corrected chi connectivity index (χ3v) is 4.17. The van der Waals surface area contributed by atoms with Crippen LogP contribution in [0.5, 0.6) is 0 Å². The molecule has 0 N–H and O–H groups in total. The predicted molar refractivity (Wildman–Crippen MR) is 83.4 cm³/mol. The number of ether oxygens (including phenoxy) is 2. The molecule has 2 rings (SSSR count). The van der Waals surface area contributed by atoms with Crippen LogP contribution in [-0.2, 0) is 14.3 Å². The Balaban J connectivity index is 2.17. The van der Waals surface area contributed by atoms with E-state index in [1.54, 1.807) is 4.90 Å². The molecule has 1 saturated heterocycles. The van der Waals surface area contributed by atoms with Crippen LogP contribution in [0.2, 0.25) is 0 Å². The first-order valence-electron chi connectivity index (χ1n) is 8.20. The van der Waals surface area contributed by atoms with Crippen molar-refractivity contribution < 1.29 is 19.1 Å². The minimum atomic E-state index is -0.562. The van der Waals surface area contributed by atoms with Gasteiger partial charge in [-0.2, -0.15) is 0 Å². The molecule has 1 saturated carbocycles. The fraction of sp³-hybridized carbons (Fsp3) is 0.882. The van der Waals surface area contributed by atoms with Crippen molar-refractivity contribution >= 4 is 12.1 Å². The van der Waals surface area contributed by atoms with Gasteiger partial charge in [0.25, 0.3) is 0 Å². The number of hydrogen-bond donors (Lipinski definition) is 0. The zero-order chi connectivity index (χ0) is 16.7. The van der Waals surface area contributed by atoms with Crippen LogP contribution in [0.15, 0.2) is 0 Å². The summed E-state index contributed by atoms with van der Waals surface area (Å²) in [5.74, 6) is 0.306. The summed E-state index contributed by atoms with van der Waals surface area (Å²) in [6.45, 7) is 11.7. The largest absolute Gasteiger partial charge is 0.458 e. The molecule has 0 spiro atoms. The zero-order valence-corrected chi connectivity index (χ0v) is 14.6. The van der Waals surface area contributed by atoms with Gasteiger partial charge >= 0.3 is 12.1 Å². The first kappa shape index (κ1) is 17.1. The first-order chi connectivity index (χ1) is 9.98. The predicted octanol–water partition coefficient (Wildman–Crippen LogP) is 3.36. The Morgan fingerprint density at radius 1 is 0.955 bits per heavy atom. The van der Waals surface area contributed by atoms with E-state index in [0.29, 0.717) is 12.5 Å². The van der Waals surface area contributed by atoms with Crippen molar-refractivity contribution in [2.45, 2.75) is 78.0 Å². The van der Waals surface area contributed by atoms with Crippen LogP contribution in [0.4, 0.5) is 4.79 Å². The molecular formula is C17H29NO4. The summed E-state index contributed by atoms with van der Waals surface area (Å²) in [6, 6.07) is -0.499. The molecule has 1 aliphatic heterocycles. The van der Waals surface area contributed by atoms with E-state index in [0.717, 1.165) is 19.3 Å². The molecule has 0 aromatic rings. The van der Waals surface area contributed by atoms with Crippen LogP contribution in [0, 0.1) is 11.8 Å². The number of carbonyl (C=O) groups excluding carboxylic acids is 2. The highest BCUT2D eigenvalue weighted by atomic mass is 16.6. The van der Waals surface area contributed by atoms with Gasteiger partial charge in [0.1, 0.15) is 17.2 Å². The maximum absolute atomic E-state index is 12.6. The number of carbonyl (C=O) groups is 2. The fourth-order valence-electron chi connectivity index (χ4n) is 3.48. The average molecular weight is 311 g/mol. The van der Waals surface area contributed by atoms with Crippen LogP contribution in [-0.4, -0.2) is 40.8 Å². The Kier molecular flexibility index (Phi) is 4.46. The van der Waals surface area contributed by atoms with Gasteiger partial charge in [0, 0.05) is 6.54 Å². The van der Waals surface area contributed by atoms with Crippen molar-refractivity contribution in [3.05, 3.63) is 0 Å². The molecule has 0 aromatic heterocycles. The summed E-state index contributed by atoms with van der Waals surface area (Å²) >= 11 is 0. The summed E-state index contributed by atoms with van der Waals surface area (Å²) in [5, 5.41) is 0. The van der Waals surface area contributed by atoms with E-state index in [1.165, 1.54) is 0 Å². The molecule has 22 heavy (non-hydrogen) atoms. The van der Waals surface area contributed by atoms with Crippen molar-refractivity contribution in [3.8, 4) is 0 Å². The second kappa shape index (κ2) is 5.74. The van der Waals surface area contributed by atoms with Crippen LogP contribution >= 0.6 is 0 Å². The van der Waals surface area contributed by atoms with Crippen molar-refractivity contribution in [1.29, 1.82) is 0 Å². The molecule has 1 heterocycles. The number of nitrogens with zero attached hydrogens (tertiary/aromatic N) is 1. The maximum Gasteiger partial charge on any atom is 0.411 e. The Hall–Kier alpha value is -1.26. The van der Waals surface area contributed by atoms with Gasteiger partial charge in [-0.1, -0.05) is 6.42 Å². The average Bonchev–Trinajstić information content (AvgIpc) is 2.81. The number of likely N-dealkylation sites (tertiary alicyclic amines) is 1. The van der Waals surface area contributed by atoms with Crippen LogP contribution in [0.3, 0.4) is 0 Å². The lowest BCUT2D eigenvalue weighted by Crippen LogP contribution is -2.47. The number of amides is 1. The van der Waals surface area contributed by atoms with E-state index in [9.17, 15) is 9.59 Å². The molecule has 5 nitrogen and oxygen atoms in total. The summed E-state index contributed by atoms with van der Waals surface area (Å²) in [4.78, 5) is 26.7. The summed E-state index contributed by atoms with van der Waals surface area (Å²) in [6.07, 6.45) is 2.77. The number of rotatable bonds is 1. The SMILES string of the molecule is CC(C)(C)OC(=O)[C@@H]1[C@@H]2CCC[C@H]2CN1C(=O)OC(C)(C)C. The highest BCUT2D eigenvalue weighted by molar-refractivity contribution is 5.83. The second-order valence-electron chi connectivity index (χ2n) is 8.47. The van der Waals surface area contributed by atoms with Gasteiger partial charge in [-0.25, -0.2) is 9.59 Å². The topological polar surface area (TPSA) is 55.8 Å². The Morgan fingerprint density at radius 3 is 2.09 bits per heavy atom. The van der Waals surface area contributed by atoms with E-state index in [-0.39, 0.29) is 11.9 Å². The highest BCUT2D eigenvalue weighted by Gasteiger charge is 2.51. The molecule has 0 bridgehead atoms. The van der Waals surface area contributed by atoms with Crippen molar-refractivity contribution in [3.63, 3.8) is 0 Å². The number of esters is 1. The van der Waals surface area contributed by atoms with Crippen LogP contribution in [0.25, 0.3) is 0 Å². The van der Waals surface area contributed by atoms with Gasteiger partial charge in [-0.3, -0.25) is 4.90 Å². The molecule has 0 unspecified atom stereocenters. The maximum atomic E-state index is 12.6. The molecule has 0 radical (unpaired) electrons.